The molecule has 1 N–H and O–H groups in total. The van der Waals surface area contributed by atoms with E-state index in [1.165, 1.54) is 0 Å². The zero-order valence-electron chi connectivity index (χ0n) is 13.2. The summed E-state index contributed by atoms with van der Waals surface area (Å²) in [6, 6.07) is 5.60. The summed E-state index contributed by atoms with van der Waals surface area (Å²) in [5, 5.41) is 2.95. The van der Waals surface area contributed by atoms with Gasteiger partial charge in [0.15, 0.2) is 0 Å². The Kier molecular flexibility index (Phi) is 6.52. The second kappa shape index (κ2) is 7.90. The molecule has 0 aliphatic rings. The first kappa shape index (κ1) is 16.5. The van der Waals surface area contributed by atoms with Gasteiger partial charge in [0.2, 0.25) is 0 Å². The van der Waals surface area contributed by atoms with Crippen molar-refractivity contribution < 1.29 is 9.53 Å². The van der Waals surface area contributed by atoms with E-state index < -0.39 is 0 Å². The average molecular weight is 278 g/mol. The Labute approximate surface area is 122 Å². The van der Waals surface area contributed by atoms with E-state index in [-0.39, 0.29) is 5.91 Å². The zero-order valence-corrected chi connectivity index (χ0v) is 13.2. The number of rotatable bonds is 7. The molecule has 1 amide bonds. The lowest BCUT2D eigenvalue weighted by Crippen LogP contribution is -2.27. The summed E-state index contributed by atoms with van der Waals surface area (Å²) in [5.74, 6) is 1.14. The van der Waals surface area contributed by atoms with E-state index in [0.717, 1.165) is 24.3 Å². The minimum Gasteiger partial charge on any atom is -0.496 e. The first-order valence-electron chi connectivity index (χ1n) is 7.06. The van der Waals surface area contributed by atoms with Crippen molar-refractivity contribution in [1.82, 2.24) is 10.2 Å². The summed E-state index contributed by atoms with van der Waals surface area (Å²) >= 11 is 0. The number of hydrogen-bond donors (Lipinski definition) is 1. The molecule has 1 aromatic rings. The number of amides is 1. The van der Waals surface area contributed by atoms with Crippen LogP contribution in [0.4, 0.5) is 0 Å². The molecule has 4 heteroatoms. The number of ether oxygens (including phenoxy) is 1. The maximum atomic E-state index is 12.1. The van der Waals surface area contributed by atoms with Crippen LogP contribution < -0.4 is 10.1 Å². The number of carbonyl (C=O) groups excluding carboxylic acids is 1. The number of nitrogens with zero attached hydrogens (tertiary/aromatic N) is 1. The highest BCUT2D eigenvalue weighted by Crippen LogP contribution is 2.27. The van der Waals surface area contributed by atoms with Gasteiger partial charge in [0.05, 0.1) is 7.11 Å². The molecule has 4 nitrogen and oxygen atoms in total. The first-order chi connectivity index (χ1) is 9.45. The third-order valence-corrected chi connectivity index (χ3v) is 3.18. The maximum Gasteiger partial charge on any atom is 0.251 e. The van der Waals surface area contributed by atoms with Gasteiger partial charge < -0.3 is 15.0 Å². The van der Waals surface area contributed by atoms with Crippen LogP contribution in [0.2, 0.25) is 0 Å². The molecule has 0 aliphatic carbocycles. The minimum atomic E-state index is -0.0201. The fraction of sp³-hybridized carbons (Fsp3) is 0.562. The van der Waals surface area contributed by atoms with Crippen molar-refractivity contribution in [2.45, 2.75) is 26.2 Å². The van der Waals surface area contributed by atoms with Crippen LogP contribution in [0.5, 0.6) is 5.75 Å². The van der Waals surface area contributed by atoms with E-state index in [1.807, 2.05) is 32.3 Å². The Morgan fingerprint density at radius 2 is 2.05 bits per heavy atom. The lowest BCUT2D eigenvalue weighted by Gasteiger charge is -2.14. The van der Waals surface area contributed by atoms with Crippen molar-refractivity contribution >= 4 is 5.91 Å². The number of methoxy groups -OCH3 is 1. The van der Waals surface area contributed by atoms with E-state index >= 15 is 0 Å². The fourth-order valence-electron chi connectivity index (χ4n) is 2.03. The van der Waals surface area contributed by atoms with Crippen LogP contribution in [0, 0.1) is 0 Å². The standard InChI is InChI=1S/C16H26N2O2/c1-12(2)14-11-13(7-8-15(14)20-5)16(19)17-9-6-10-18(3)4/h7-8,11-12H,6,9-10H2,1-5H3,(H,17,19). The van der Waals surface area contributed by atoms with Crippen LogP contribution in [0.25, 0.3) is 0 Å². The molecule has 0 aliphatic heterocycles. The van der Waals surface area contributed by atoms with Gasteiger partial charge in [0, 0.05) is 12.1 Å². The van der Waals surface area contributed by atoms with Crippen LogP contribution >= 0.6 is 0 Å². The Morgan fingerprint density at radius 1 is 1.35 bits per heavy atom. The maximum absolute atomic E-state index is 12.1. The molecule has 0 unspecified atom stereocenters. The molecule has 0 saturated carbocycles. The molecule has 1 aromatic carbocycles. The predicted octanol–water partition coefficient (Wildman–Crippen LogP) is 2.50. The number of nitrogens with one attached hydrogen (secondary N) is 1. The SMILES string of the molecule is COc1ccc(C(=O)NCCCN(C)C)cc1C(C)C. The van der Waals surface area contributed by atoms with Gasteiger partial charge in [-0.25, -0.2) is 0 Å². The van der Waals surface area contributed by atoms with Crippen molar-refractivity contribution in [3.63, 3.8) is 0 Å². The first-order valence-corrected chi connectivity index (χ1v) is 7.06. The van der Waals surface area contributed by atoms with Crippen LogP contribution in [0.15, 0.2) is 18.2 Å². The molecule has 20 heavy (non-hydrogen) atoms. The highest BCUT2D eigenvalue weighted by Gasteiger charge is 2.12. The number of benzene rings is 1. The van der Waals surface area contributed by atoms with Gasteiger partial charge in [-0.15, -0.1) is 0 Å². The Bertz CT molecular complexity index is 442. The number of carbonyl (C=O) groups is 1. The Morgan fingerprint density at radius 3 is 2.60 bits per heavy atom. The Hall–Kier alpha value is -1.55. The van der Waals surface area contributed by atoms with Gasteiger partial charge in [0.25, 0.3) is 5.91 Å². The normalized spacial score (nSPS) is 10.9. The zero-order chi connectivity index (χ0) is 15.1. The second-order valence-electron chi connectivity index (χ2n) is 5.52. The van der Waals surface area contributed by atoms with E-state index in [4.69, 9.17) is 4.74 Å². The summed E-state index contributed by atoms with van der Waals surface area (Å²) in [6.45, 7) is 5.85. The third kappa shape index (κ3) is 4.85. The molecule has 0 heterocycles. The van der Waals surface area contributed by atoms with Crippen LogP contribution in [0.1, 0.15) is 42.1 Å². The minimum absolute atomic E-state index is 0.0201. The predicted molar refractivity (Wildman–Crippen MR) is 82.6 cm³/mol. The highest BCUT2D eigenvalue weighted by molar-refractivity contribution is 5.94. The molecule has 0 bridgehead atoms. The van der Waals surface area contributed by atoms with Crippen molar-refractivity contribution in [2.75, 3.05) is 34.3 Å². The molecule has 0 aromatic heterocycles. The molecular formula is C16H26N2O2. The summed E-state index contributed by atoms with van der Waals surface area (Å²) in [4.78, 5) is 14.2. The van der Waals surface area contributed by atoms with Crippen molar-refractivity contribution in [1.29, 1.82) is 0 Å². The monoisotopic (exact) mass is 278 g/mol. The van der Waals surface area contributed by atoms with E-state index in [2.05, 4.69) is 24.1 Å². The molecular weight excluding hydrogens is 252 g/mol. The second-order valence-corrected chi connectivity index (χ2v) is 5.52. The lowest BCUT2D eigenvalue weighted by molar-refractivity contribution is 0.0952. The topological polar surface area (TPSA) is 41.6 Å². The molecule has 112 valence electrons. The van der Waals surface area contributed by atoms with E-state index in [9.17, 15) is 4.79 Å². The van der Waals surface area contributed by atoms with Gasteiger partial charge in [0.1, 0.15) is 5.75 Å². The van der Waals surface area contributed by atoms with E-state index in [1.54, 1.807) is 7.11 Å². The van der Waals surface area contributed by atoms with Gasteiger partial charge >= 0.3 is 0 Å². The van der Waals surface area contributed by atoms with Crippen LogP contribution in [-0.4, -0.2) is 45.1 Å². The van der Waals surface area contributed by atoms with Crippen molar-refractivity contribution in [2.24, 2.45) is 0 Å². The number of hydrogen-bond acceptors (Lipinski definition) is 3. The fourth-order valence-corrected chi connectivity index (χ4v) is 2.03. The molecule has 0 radical (unpaired) electrons. The average Bonchev–Trinajstić information content (AvgIpc) is 2.42. The van der Waals surface area contributed by atoms with E-state index in [0.29, 0.717) is 18.0 Å². The summed E-state index contributed by atoms with van der Waals surface area (Å²) < 4.78 is 5.33. The third-order valence-electron chi connectivity index (χ3n) is 3.18. The lowest BCUT2D eigenvalue weighted by atomic mass is 9.99. The van der Waals surface area contributed by atoms with Crippen LogP contribution in [-0.2, 0) is 0 Å². The highest BCUT2D eigenvalue weighted by atomic mass is 16.5. The van der Waals surface area contributed by atoms with Crippen molar-refractivity contribution in [3.8, 4) is 5.75 Å². The van der Waals surface area contributed by atoms with Gasteiger partial charge in [-0.05, 0) is 56.7 Å². The molecule has 0 spiro atoms. The Balaban J connectivity index is 2.66. The van der Waals surface area contributed by atoms with Crippen molar-refractivity contribution in [3.05, 3.63) is 29.3 Å². The van der Waals surface area contributed by atoms with Gasteiger partial charge in [-0.3, -0.25) is 4.79 Å². The van der Waals surface area contributed by atoms with Gasteiger partial charge in [-0.1, -0.05) is 13.8 Å². The van der Waals surface area contributed by atoms with Crippen LogP contribution in [0.3, 0.4) is 0 Å². The summed E-state index contributed by atoms with van der Waals surface area (Å²) in [5.41, 5.74) is 1.76. The molecule has 0 saturated heterocycles. The molecule has 0 fully saturated rings. The largest absolute Gasteiger partial charge is 0.496 e. The molecule has 0 atom stereocenters. The summed E-state index contributed by atoms with van der Waals surface area (Å²) in [7, 11) is 5.71. The van der Waals surface area contributed by atoms with Gasteiger partial charge in [-0.2, -0.15) is 0 Å². The molecule has 1 rings (SSSR count). The summed E-state index contributed by atoms with van der Waals surface area (Å²) in [6.07, 6.45) is 0.950. The smallest absolute Gasteiger partial charge is 0.251 e. The quantitative estimate of drug-likeness (QED) is 0.779.